The maximum absolute atomic E-state index is 12.7. The molecule has 0 radical (unpaired) electrons. The average molecular weight is 501 g/mol. The molecule has 6 atom stereocenters. The molecular weight excluding hydrogens is 468 g/mol. The van der Waals surface area contributed by atoms with Gasteiger partial charge in [-0.15, -0.1) is 11.8 Å². The van der Waals surface area contributed by atoms with Crippen molar-refractivity contribution in [3.8, 4) is 0 Å². The molecule has 0 aromatic heterocycles. The Hall–Kier alpha value is -2.23. The minimum atomic E-state index is -0.695. The minimum Gasteiger partial charge on any atom is -0.456 e. The third kappa shape index (κ3) is 6.92. The second kappa shape index (κ2) is 12.6. The van der Waals surface area contributed by atoms with Crippen LogP contribution in [0.3, 0.4) is 0 Å². The van der Waals surface area contributed by atoms with E-state index in [2.05, 4.69) is 0 Å². The summed E-state index contributed by atoms with van der Waals surface area (Å²) in [5.74, 6) is 0.259. The number of fused-ring (bicyclic) bond motifs is 1. The highest BCUT2D eigenvalue weighted by atomic mass is 32.2. The molecule has 0 N–H and O–H groups in total. The van der Waals surface area contributed by atoms with E-state index in [0.717, 1.165) is 16.9 Å². The number of esters is 1. The van der Waals surface area contributed by atoms with Crippen LogP contribution in [0.25, 0.3) is 0 Å². The Labute approximate surface area is 210 Å². The lowest BCUT2D eigenvalue weighted by Crippen LogP contribution is -2.62. The number of rotatable bonds is 10. The molecule has 1 unspecified atom stereocenters. The summed E-state index contributed by atoms with van der Waals surface area (Å²) in [5, 5.41) is 0. The van der Waals surface area contributed by atoms with Gasteiger partial charge in [-0.1, -0.05) is 67.6 Å². The Balaban J connectivity index is 1.58. The van der Waals surface area contributed by atoms with Gasteiger partial charge in [-0.2, -0.15) is 0 Å². The van der Waals surface area contributed by atoms with E-state index in [-0.39, 0.29) is 24.7 Å². The van der Waals surface area contributed by atoms with Crippen molar-refractivity contribution >= 4 is 23.5 Å². The molecule has 2 aromatic rings. The number of carbonyl (C=O) groups excluding carboxylic acids is 2. The minimum absolute atomic E-state index is 0.0193. The summed E-state index contributed by atoms with van der Waals surface area (Å²) in [6, 6.07) is 19.5. The van der Waals surface area contributed by atoms with E-state index in [9.17, 15) is 9.59 Å². The Morgan fingerprint density at radius 1 is 0.971 bits per heavy atom. The predicted molar refractivity (Wildman–Crippen MR) is 132 cm³/mol. The summed E-state index contributed by atoms with van der Waals surface area (Å²) in [5.41, 5.74) is 1.46. The summed E-state index contributed by atoms with van der Waals surface area (Å²) < 4.78 is 31.0. The number of carbonyl (C=O) groups is 2. The third-order valence-corrected chi connectivity index (χ3v) is 6.96. The van der Waals surface area contributed by atoms with Crippen LogP contribution in [-0.4, -0.2) is 54.0 Å². The summed E-state index contributed by atoms with van der Waals surface area (Å²) in [4.78, 5) is 24.1. The normalized spacial score (nSPS) is 28.2. The van der Waals surface area contributed by atoms with Crippen molar-refractivity contribution in [1.82, 2.24) is 0 Å². The molecule has 2 aliphatic heterocycles. The number of hydrogen-bond donors (Lipinski definition) is 0. The van der Waals surface area contributed by atoms with Crippen LogP contribution in [0.5, 0.6) is 0 Å². The van der Waals surface area contributed by atoms with Crippen LogP contribution in [0, 0.1) is 0 Å². The fourth-order valence-corrected chi connectivity index (χ4v) is 5.15. The van der Waals surface area contributed by atoms with Gasteiger partial charge in [0.15, 0.2) is 12.4 Å². The predicted octanol–water partition coefficient (Wildman–Crippen LogP) is 4.45. The van der Waals surface area contributed by atoms with Crippen LogP contribution in [0.15, 0.2) is 60.7 Å². The van der Waals surface area contributed by atoms with Crippen LogP contribution in [0.4, 0.5) is 0 Å². The standard InChI is InChI=1S/C27H32O7S/c1-3-35-27-25(33-22(29)15-14-18(2)28)24(30-16-19-10-6-4-7-11-19)23-21(32-27)17-31-26(34-23)20-12-8-5-9-13-20/h4-13,21,23-27H,3,14-17H2,1-2H3/t21-,23-,24+,25-,26?,27+/m1/s1. The molecule has 0 aliphatic carbocycles. The SMILES string of the molecule is CCS[C@@H]1O[C@@H]2COC(c3ccccc3)O[C@H]2[C@H](OCc2ccccc2)[C@H]1OC(=O)CCC(C)=O. The highest BCUT2D eigenvalue weighted by Crippen LogP contribution is 2.39. The number of hydrogen-bond acceptors (Lipinski definition) is 8. The molecule has 0 spiro atoms. The first-order valence-electron chi connectivity index (χ1n) is 12.0. The lowest BCUT2D eigenvalue weighted by molar-refractivity contribution is -0.326. The molecule has 0 saturated carbocycles. The van der Waals surface area contributed by atoms with E-state index < -0.39 is 36.0 Å². The summed E-state index contributed by atoms with van der Waals surface area (Å²) in [7, 11) is 0. The van der Waals surface area contributed by atoms with Crippen molar-refractivity contribution in [3.63, 3.8) is 0 Å². The largest absolute Gasteiger partial charge is 0.456 e. The van der Waals surface area contributed by atoms with Gasteiger partial charge in [-0.05, 0) is 18.2 Å². The van der Waals surface area contributed by atoms with Crippen LogP contribution < -0.4 is 0 Å². The first-order chi connectivity index (χ1) is 17.0. The van der Waals surface area contributed by atoms with E-state index in [4.69, 9.17) is 23.7 Å². The van der Waals surface area contributed by atoms with E-state index >= 15 is 0 Å². The molecule has 2 heterocycles. The van der Waals surface area contributed by atoms with E-state index in [0.29, 0.717) is 13.2 Å². The number of thioether (sulfide) groups is 1. The molecule has 2 aromatic carbocycles. The topological polar surface area (TPSA) is 80.3 Å². The first kappa shape index (κ1) is 25.9. The average Bonchev–Trinajstić information content (AvgIpc) is 2.88. The molecule has 2 fully saturated rings. The van der Waals surface area contributed by atoms with Gasteiger partial charge in [0.05, 0.1) is 19.6 Å². The van der Waals surface area contributed by atoms with Crippen LogP contribution in [-0.2, 0) is 39.9 Å². The lowest BCUT2D eigenvalue weighted by Gasteiger charge is -2.48. The molecule has 0 bridgehead atoms. The zero-order valence-corrected chi connectivity index (χ0v) is 20.9. The third-order valence-electron chi connectivity index (χ3n) is 5.92. The van der Waals surface area contributed by atoms with Gasteiger partial charge in [0.2, 0.25) is 0 Å². The monoisotopic (exact) mass is 500 g/mol. The van der Waals surface area contributed by atoms with Crippen LogP contribution in [0.2, 0.25) is 0 Å². The maximum Gasteiger partial charge on any atom is 0.306 e. The maximum atomic E-state index is 12.7. The van der Waals surface area contributed by atoms with Gasteiger partial charge in [0.25, 0.3) is 0 Å². The van der Waals surface area contributed by atoms with Gasteiger partial charge < -0.3 is 28.5 Å². The second-order valence-electron chi connectivity index (χ2n) is 8.59. The number of benzene rings is 2. The van der Waals surface area contributed by atoms with Gasteiger partial charge >= 0.3 is 5.97 Å². The van der Waals surface area contributed by atoms with Gasteiger partial charge in [-0.25, -0.2) is 0 Å². The highest BCUT2D eigenvalue weighted by molar-refractivity contribution is 7.99. The van der Waals surface area contributed by atoms with Crippen molar-refractivity contribution in [2.75, 3.05) is 12.4 Å². The highest BCUT2D eigenvalue weighted by Gasteiger charge is 2.52. The zero-order valence-electron chi connectivity index (χ0n) is 20.0. The number of ether oxygens (including phenoxy) is 5. The van der Waals surface area contributed by atoms with E-state index in [1.807, 2.05) is 67.6 Å². The molecule has 8 heteroatoms. The molecule has 2 aliphatic rings. The fraction of sp³-hybridized carbons (Fsp3) is 0.481. The van der Waals surface area contributed by atoms with Crippen molar-refractivity contribution < 1.29 is 33.3 Å². The molecule has 7 nitrogen and oxygen atoms in total. The summed E-state index contributed by atoms with van der Waals surface area (Å²) >= 11 is 1.55. The molecule has 0 amide bonds. The molecule has 4 rings (SSSR count). The molecule has 35 heavy (non-hydrogen) atoms. The van der Waals surface area contributed by atoms with E-state index in [1.165, 1.54) is 6.92 Å². The van der Waals surface area contributed by atoms with Gasteiger partial charge in [-0.3, -0.25) is 4.79 Å². The number of ketones is 1. The summed E-state index contributed by atoms with van der Waals surface area (Å²) in [6.45, 7) is 4.15. The smallest absolute Gasteiger partial charge is 0.306 e. The van der Waals surface area contributed by atoms with Gasteiger partial charge in [0, 0.05) is 12.0 Å². The van der Waals surface area contributed by atoms with Crippen molar-refractivity contribution in [1.29, 1.82) is 0 Å². The van der Waals surface area contributed by atoms with Gasteiger partial charge in [0.1, 0.15) is 29.5 Å². The van der Waals surface area contributed by atoms with Crippen molar-refractivity contribution in [2.24, 2.45) is 0 Å². The Morgan fingerprint density at radius 2 is 1.69 bits per heavy atom. The Bertz CT molecular complexity index is 955. The Morgan fingerprint density at radius 3 is 2.37 bits per heavy atom. The van der Waals surface area contributed by atoms with Crippen molar-refractivity contribution in [3.05, 3.63) is 71.8 Å². The molecule has 2 saturated heterocycles. The lowest BCUT2D eigenvalue weighted by atomic mass is 9.98. The molecular formula is C27H32O7S. The summed E-state index contributed by atoms with van der Waals surface area (Å²) in [6.07, 6.45) is -2.56. The second-order valence-corrected chi connectivity index (χ2v) is 9.97. The van der Waals surface area contributed by atoms with Crippen LogP contribution in [0.1, 0.15) is 44.1 Å². The quantitative estimate of drug-likeness (QED) is 0.443. The van der Waals surface area contributed by atoms with Crippen molar-refractivity contribution in [2.45, 2.75) is 69.4 Å². The fourth-order valence-electron chi connectivity index (χ4n) is 4.20. The zero-order chi connectivity index (χ0) is 24.6. The first-order valence-corrected chi connectivity index (χ1v) is 13.0. The Kier molecular flexibility index (Phi) is 9.34. The number of Topliss-reactive ketones (excluding diaryl/α,β-unsaturated/α-hetero) is 1. The molecule has 188 valence electrons. The van der Waals surface area contributed by atoms with Crippen LogP contribution >= 0.6 is 11.8 Å². The van der Waals surface area contributed by atoms with E-state index in [1.54, 1.807) is 11.8 Å².